The van der Waals surface area contributed by atoms with Crippen LogP contribution >= 0.6 is 0 Å². The third-order valence-electron chi connectivity index (χ3n) is 3.68. The molecule has 0 aromatic carbocycles. The summed E-state index contributed by atoms with van der Waals surface area (Å²) in [4.78, 5) is 2.36. The Morgan fingerprint density at radius 1 is 1.36 bits per heavy atom. The molecule has 0 bridgehead atoms. The van der Waals surface area contributed by atoms with Gasteiger partial charge in [-0.3, -0.25) is 4.90 Å². The standard InChI is InChI=1S/C9H20N2/c1-5-11(4)9(3)7-6-8(9,2)10/h5-7,10H2,1-4H3. The van der Waals surface area contributed by atoms with Crippen LogP contribution in [0.3, 0.4) is 0 Å². The predicted molar refractivity (Wildman–Crippen MR) is 48.5 cm³/mol. The molecular weight excluding hydrogens is 136 g/mol. The van der Waals surface area contributed by atoms with Crippen molar-refractivity contribution < 1.29 is 0 Å². The molecule has 66 valence electrons. The van der Waals surface area contributed by atoms with Crippen LogP contribution in [0.4, 0.5) is 0 Å². The highest BCUT2D eigenvalue weighted by molar-refractivity contribution is 5.12. The van der Waals surface area contributed by atoms with E-state index >= 15 is 0 Å². The molecule has 11 heavy (non-hydrogen) atoms. The van der Waals surface area contributed by atoms with Crippen LogP contribution in [0.2, 0.25) is 0 Å². The first-order chi connectivity index (χ1) is 4.94. The van der Waals surface area contributed by atoms with Gasteiger partial charge in [0.05, 0.1) is 0 Å². The molecular formula is C9H20N2. The largest absolute Gasteiger partial charge is 0.324 e. The van der Waals surface area contributed by atoms with Gasteiger partial charge < -0.3 is 5.73 Å². The molecule has 2 nitrogen and oxygen atoms in total. The van der Waals surface area contributed by atoms with Crippen LogP contribution in [0.5, 0.6) is 0 Å². The minimum atomic E-state index is 0.0256. The molecule has 0 spiro atoms. The third-order valence-corrected chi connectivity index (χ3v) is 3.68. The molecule has 2 heteroatoms. The molecule has 0 aromatic rings. The Morgan fingerprint density at radius 3 is 2.00 bits per heavy atom. The second-order valence-corrected chi connectivity index (χ2v) is 4.21. The zero-order chi connectivity index (χ0) is 8.70. The molecule has 2 atom stereocenters. The molecule has 1 fully saturated rings. The van der Waals surface area contributed by atoms with Crippen LogP contribution in [-0.4, -0.2) is 29.6 Å². The van der Waals surface area contributed by atoms with Crippen LogP contribution in [-0.2, 0) is 0 Å². The van der Waals surface area contributed by atoms with E-state index in [0.29, 0.717) is 0 Å². The summed E-state index contributed by atoms with van der Waals surface area (Å²) >= 11 is 0. The fourth-order valence-corrected chi connectivity index (χ4v) is 1.86. The third kappa shape index (κ3) is 1.09. The van der Waals surface area contributed by atoms with Gasteiger partial charge in [0.15, 0.2) is 0 Å². The van der Waals surface area contributed by atoms with Crippen molar-refractivity contribution in [3.63, 3.8) is 0 Å². The summed E-state index contributed by atoms with van der Waals surface area (Å²) < 4.78 is 0. The van der Waals surface area contributed by atoms with Crippen LogP contribution in [0.1, 0.15) is 33.6 Å². The first-order valence-corrected chi connectivity index (χ1v) is 4.44. The summed E-state index contributed by atoms with van der Waals surface area (Å²) in [6, 6.07) is 0. The molecule has 0 heterocycles. The summed E-state index contributed by atoms with van der Waals surface area (Å²) in [7, 11) is 2.16. The number of hydrogen-bond acceptors (Lipinski definition) is 2. The van der Waals surface area contributed by atoms with Gasteiger partial charge in [-0.1, -0.05) is 6.92 Å². The topological polar surface area (TPSA) is 29.3 Å². The number of likely N-dealkylation sites (N-methyl/N-ethyl adjacent to an activating group) is 1. The van der Waals surface area contributed by atoms with E-state index in [1.54, 1.807) is 0 Å². The van der Waals surface area contributed by atoms with Gasteiger partial charge >= 0.3 is 0 Å². The van der Waals surface area contributed by atoms with Crippen molar-refractivity contribution >= 4 is 0 Å². The number of hydrogen-bond donors (Lipinski definition) is 1. The summed E-state index contributed by atoms with van der Waals surface area (Å²) in [6.45, 7) is 7.69. The summed E-state index contributed by atoms with van der Waals surface area (Å²) in [5.74, 6) is 0. The molecule has 0 saturated heterocycles. The Balaban J connectivity index is 2.68. The fraction of sp³-hybridized carbons (Fsp3) is 1.00. The van der Waals surface area contributed by atoms with Crippen LogP contribution in [0.15, 0.2) is 0 Å². The van der Waals surface area contributed by atoms with Crippen molar-refractivity contribution in [2.45, 2.75) is 44.7 Å². The highest BCUT2D eigenvalue weighted by atomic mass is 15.2. The van der Waals surface area contributed by atoms with Crippen molar-refractivity contribution in [3.8, 4) is 0 Å². The quantitative estimate of drug-likeness (QED) is 0.651. The van der Waals surface area contributed by atoms with E-state index in [0.717, 1.165) is 13.0 Å². The average Bonchev–Trinajstić information content (AvgIpc) is 1.99. The van der Waals surface area contributed by atoms with Gasteiger partial charge in [0.25, 0.3) is 0 Å². The summed E-state index contributed by atoms with van der Waals surface area (Å²) in [6.07, 6.45) is 2.40. The zero-order valence-electron chi connectivity index (χ0n) is 8.15. The lowest BCUT2D eigenvalue weighted by molar-refractivity contribution is -0.0228. The molecule has 1 aliphatic carbocycles. The number of nitrogens with two attached hydrogens (primary N) is 1. The normalized spacial score (nSPS) is 44.2. The molecule has 0 aliphatic heterocycles. The maximum atomic E-state index is 6.13. The van der Waals surface area contributed by atoms with E-state index < -0.39 is 0 Å². The van der Waals surface area contributed by atoms with Crippen molar-refractivity contribution in [3.05, 3.63) is 0 Å². The number of rotatable bonds is 2. The van der Waals surface area contributed by atoms with Gasteiger partial charge in [0, 0.05) is 11.1 Å². The monoisotopic (exact) mass is 156 g/mol. The second-order valence-electron chi connectivity index (χ2n) is 4.21. The van der Waals surface area contributed by atoms with Crippen LogP contribution in [0.25, 0.3) is 0 Å². The summed E-state index contributed by atoms with van der Waals surface area (Å²) in [5, 5.41) is 0. The summed E-state index contributed by atoms with van der Waals surface area (Å²) in [5.41, 5.74) is 6.40. The van der Waals surface area contributed by atoms with Crippen molar-refractivity contribution in [1.29, 1.82) is 0 Å². The van der Waals surface area contributed by atoms with E-state index in [4.69, 9.17) is 5.73 Å². The number of nitrogens with zero attached hydrogens (tertiary/aromatic N) is 1. The zero-order valence-corrected chi connectivity index (χ0v) is 8.15. The van der Waals surface area contributed by atoms with E-state index in [-0.39, 0.29) is 11.1 Å². The Labute approximate surface area is 69.8 Å². The Kier molecular flexibility index (Phi) is 2.01. The molecule has 0 amide bonds. The van der Waals surface area contributed by atoms with Gasteiger partial charge in [0.2, 0.25) is 0 Å². The van der Waals surface area contributed by atoms with Crippen LogP contribution < -0.4 is 5.73 Å². The Morgan fingerprint density at radius 2 is 1.91 bits per heavy atom. The fourth-order valence-electron chi connectivity index (χ4n) is 1.86. The molecule has 1 rings (SSSR count). The smallest absolute Gasteiger partial charge is 0.0355 e. The Hall–Kier alpha value is -0.0800. The maximum absolute atomic E-state index is 6.13. The maximum Gasteiger partial charge on any atom is 0.0355 e. The molecule has 0 radical (unpaired) electrons. The van der Waals surface area contributed by atoms with E-state index in [1.165, 1.54) is 6.42 Å². The van der Waals surface area contributed by atoms with Crippen molar-refractivity contribution in [2.75, 3.05) is 13.6 Å². The van der Waals surface area contributed by atoms with Gasteiger partial charge in [-0.15, -0.1) is 0 Å². The van der Waals surface area contributed by atoms with Crippen LogP contribution in [0, 0.1) is 0 Å². The van der Waals surface area contributed by atoms with Crippen molar-refractivity contribution in [1.82, 2.24) is 4.90 Å². The lowest BCUT2D eigenvalue weighted by Gasteiger charge is -2.58. The minimum Gasteiger partial charge on any atom is -0.324 e. The van der Waals surface area contributed by atoms with E-state index in [1.807, 2.05) is 0 Å². The highest BCUT2D eigenvalue weighted by Crippen LogP contribution is 2.43. The van der Waals surface area contributed by atoms with E-state index in [2.05, 4.69) is 32.7 Å². The first kappa shape index (κ1) is 9.01. The lowest BCUT2D eigenvalue weighted by Crippen LogP contribution is -2.71. The minimum absolute atomic E-state index is 0.0256. The average molecular weight is 156 g/mol. The lowest BCUT2D eigenvalue weighted by atomic mass is 9.62. The molecule has 1 aliphatic rings. The van der Waals surface area contributed by atoms with Gasteiger partial charge in [0.1, 0.15) is 0 Å². The van der Waals surface area contributed by atoms with Gasteiger partial charge in [-0.2, -0.15) is 0 Å². The molecule has 1 saturated carbocycles. The molecule has 0 aromatic heterocycles. The Bertz CT molecular complexity index is 154. The predicted octanol–water partition coefficient (Wildman–Crippen LogP) is 1.21. The molecule has 2 unspecified atom stereocenters. The molecule has 2 N–H and O–H groups in total. The van der Waals surface area contributed by atoms with Gasteiger partial charge in [-0.25, -0.2) is 0 Å². The first-order valence-electron chi connectivity index (χ1n) is 4.44. The SMILES string of the molecule is CCN(C)C1(C)CCC1(C)N. The van der Waals surface area contributed by atoms with Crippen molar-refractivity contribution in [2.24, 2.45) is 5.73 Å². The second kappa shape index (κ2) is 2.46. The highest BCUT2D eigenvalue weighted by Gasteiger charge is 2.51. The van der Waals surface area contributed by atoms with Gasteiger partial charge in [-0.05, 0) is 40.3 Å². The van der Waals surface area contributed by atoms with E-state index in [9.17, 15) is 0 Å².